The van der Waals surface area contributed by atoms with Gasteiger partial charge in [-0.1, -0.05) is 13.8 Å². The van der Waals surface area contributed by atoms with Crippen molar-refractivity contribution in [3.63, 3.8) is 0 Å². The Balaban J connectivity index is 2.96. The number of hydrogen-bond acceptors (Lipinski definition) is 5. The molecule has 0 radical (unpaired) electrons. The molecule has 0 fully saturated rings. The summed E-state index contributed by atoms with van der Waals surface area (Å²) in [5.41, 5.74) is 0.433. The molecule has 0 aliphatic rings. The van der Waals surface area contributed by atoms with Gasteiger partial charge < -0.3 is 0 Å². The first-order chi connectivity index (χ1) is 8.31. The summed E-state index contributed by atoms with van der Waals surface area (Å²) in [7, 11) is -3.78. The van der Waals surface area contributed by atoms with E-state index in [-0.39, 0.29) is 10.1 Å². The molecule has 102 valence electrons. The van der Waals surface area contributed by atoms with Crippen molar-refractivity contribution in [3.05, 3.63) is 10.7 Å². The van der Waals surface area contributed by atoms with Crippen molar-refractivity contribution in [2.24, 2.45) is 5.92 Å². The van der Waals surface area contributed by atoms with E-state index >= 15 is 0 Å². The summed E-state index contributed by atoms with van der Waals surface area (Å²) in [6.07, 6.45) is 1.25. The second-order valence-corrected chi connectivity index (χ2v) is 7.17. The van der Waals surface area contributed by atoms with Gasteiger partial charge in [-0.05, 0) is 26.7 Å². The normalized spacial score (nSPS) is 11.8. The first-order valence-corrected chi connectivity index (χ1v) is 8.12. The van der Waals surface area contributed by atoms with Crippen molar-refractivity contribution in [2.75, 3.05) is 0 Å². The molecule has 0 aromatic carbocycles. The van der Waals surface area contributed by atoms with Crippen LogP contribution in [-0.4, -0.2) is 19.3 Å². The van der Waals surface area contributed by atoms with Crippen molar-refractivity contribution < 1.29 is 13.2 Å². The van der Waals surface area contributed by atoms with Crippen LogP contribution in [0.25, 0.3) is 0 Å². The number of carbonyl (C=O) groups excluding carboxylic acids is 1. The van der Waals surface area contributed by atoms with Crippen LogP contribution in [0.5, 0.6) is 0 Å². The predicted molar refractivity (Wildman–Crippen MR) is 71.0 cm³/mol. The van der Waals surface area contributed by atoms with E-state index in [2.05, 4.69) is 9.71 Å². The highest BCUT2D eigenvalue weighted by Gasteiger charge is 2.25. The number of nitrogens with zero attached hydrogens (tertiary/aromatic N) is 1. The van der Waals surface area contributed by atoms with Crippen LogP contribution in [0, 0.1) is 19.8 Å². The molecule has 0 unspecified atom stereocenters. The minimum absolute atomic E-state index is 0.124. The SMILES string of the molecule is CCC(CC)C(=O)NS(=O)(=O)c1sc(C)nc1C. The lowest BCUT2D eigenvalue weighted by atomic mass is 10.0. The van der Waals surface area contributed by atoms with Crippen molar-refractivity contribution in [1.29, 1.82) is 0 Å². The Labute approximate surface area is 112 Å². The molecule has 0 aliphatic heterocycles. The number of aromatic nitrogens is 1. The molecule has 0 bridgehead atoms. The maximum Gasteiger partial charge on any atom is 0.275 e. The molecule has 1 heterocycles. The van der Waals surface area contributed by atoms with E-state index < -0.39 is 15.9 Å². The minimum Gasteiger partial charge on any atom is -0.274 e. The zero-order chi connectivity index (χ0) is 13.9. The van der Waals surface area contributed by atoms with Gasteiger partial charge in [-0.2, -0.15) is 0 Å². The summed E-state index contributed by atoms with van der Waals surface area (Å²) in [6, 6.07) is 0. The molecule has 7 heteroatoms. The summed E-state index contributed by atoms with van der Waals surface area (Å²) in [4.78, 5) is 15.9. The smallest absolute Gasteiger partial charge is 0.274 e. The van der Waals surface area contributed by atoms with Gasteiger partial charge in [0.05, 0.1) is 10.7 Å². The summed E-state index contributed by atoms with van der Waals surface area (Å²) >= 11 is 1.08. The number of amides is 1. The molecule has 0 atom stereocenters. The van der Waals surface area contributed by atoms with Gasteiger partial charge >= 0.3 is 0 Å². The Morgan fingerprint density at radius 3 is 2.28 bits per heavy atom. The summed E-state index contributed by atoms with van der Waals surface area (Å²) < 4.78 is 26.4. The van der Waals surface area contributed by atoms with Crippen LogP contribution in [0.2, 0.25) is 0 Å². The van der Waals surface area contributed by atoms with E-state index in [0.29, 0.717) is 23.5 Å². The highest BCUT2D eigenvalue weighted by Crippen LogP contribution is 2.23. The molecule has 0 saturated heterocycles. The number of carbonyl (C=O) groups is 1. The highest BCUT2D eigenvalue weighted by atomic mass is 32.2. The number of sulfonamides is 1. The zero-order valence-corrected chi connectivity index (χ0v) is 12.6. The Kier molecular flexibility index (Phi) is 4.86. The monoisotopic (exact) mass is 290 g/mol. The summed E-state index contributed by atoms with van der Waals surface area (Å²) in [6.45, 7) is 7.09. The summed E-state index contributed by atoms with van der Waals surface area (Å²) in [5, 5.41) is 0.669. The van der Waals surface area contributed by atoms with E-state index in [1.54, 1.807) is 13.8 Å². The second-order valence-electron chi connectivity index (χ2n) is 4.09. The third kappa shape index (κ3) is 3.29. The van der Waals surface area contributed by atoms with Crippen molar-refractivity contribution in [3.8, 4) is 0 Å². The molecule has 0 saturated carbocycles. The molecule has 1 amide bonds. The van der Waals surface area contributed by atoms with Gasteiger partial charge in [0, 0.05) is 5.92 Å². The number of rotatable bonds is 5. The van der Waals surface area contributed by atoms with Gasteiger partial charge in [0.1, 0.15) is 0 Å². The third-order valence-corrected chi connectivity index (χ3v) is 5.73. The Bertz CT molecular complexity index is 530. The van der Waals surface area contributed by atoms with E-state index in [1.807, 2.05) is 13.8 Å². The predicted octanol–water partition coefficient (Wildman–Crippen LogP) is 2.00. The molecule has 1 aromatic rings. The quantitative estimate of drug-likeness (QED) is 0.900. The van der Waals surface area contributed by atoms with Crippen molar-refractivity contribution in [2.45, 2.75) is 44.7 Å². The van der Waals surface area contributed by atoms with Gasteiger partial charge in [-0.3, -0.25) is 4.79 Å². The molecule has 18 heavy (non-hydrogen) atoms. The minimum atomic E-state index is -3.78. The van der Waals surface area contributed by atoms with Crippen molar-refractivity contribution in [1.82, 2.24) is 9.71 Å². The number of thiazole rings is 1. The Hall–Kier alpha value is -0.950. The molecule has 0 spiro atoms. The molecule has 5 nitrogen and oxygen atoms in total. The largest absolute Gasteiger partial charge is 0.275 e. The molecule has 1 rings (SSSR count). The third-order valence-electron chi connectivity index (χ3n) is 2.70. The van der Waals surface area contributed by atoms with Crippen LogP contribution in [0.15, 0.2) is 4.21 Å². The Morgan fingerprint density at radius 1 is 1.33 bits per heavy atom. The van der Waals surface area contributed by atoms with E-state index in [0.717, 1.165) is 11.3 Å². The molecule has 0 aliphatic carbocycles. The van der Waals surface area contributed by atoms with Crippen LogP contribution >= 0.6 is 11.3 Å². The average molecular weight is 290 g/mol. The number of nitrogens with one attached hydrogen (secondary N) is 1. The van der Waals surface area contributed by atoms with Gasteiger partial charge in [0.2, 0.25) is 5.91 Å². The average Bonchev–Trinajstić information content (AvgIpc) is 2.59. The standard InChI is InChI=1S/C11H18N2O3S2/c1-5-9(6-2)10(14)13-18(15,16)11-7(3)12-8(4)17-11/h9H,5-6H2,1-4H3,(H,13,14). The van der Waals surface area contributed by atoms with Gasteiger partial charge in [0.25, 0.3) is 10.0 Å². The van der Waals surface area contributed by atoms with Crippen LogP contribution in [-0.2, 0) is 14.8 Å². The van der Waals surface area contributed by atoms with E-state index in [9.17, 15) is 13.2 Å². The lowest BCUT2D eigenvalue weighted by molar-refractivity contribution is -0.123. The first-order valence-electron chi connectivity index (χ1n) is 5.82. The van der Waals surface area contributed by atoms with Crippen LogP contribution < -0.4 is 4.72 Å². The maximum absolute atomic E-state index is 12.1. The van der Waals surface area contributed by atoms with Crippen molar-refractivity contribution >= 4 is 27.3 Å². The second kappa shape index (κ2) is 5.79. The molecular weight excluding hydrogens is 272 g/mol. The molecule has 1 N–H and O–H groups in total. The fourth-order valence-corrected chi connectivity index (χ4v) is 4.21. The van der Waals surface area contributed by atoms with Crippen LogP contribution in [0.3, 0.4) is 0 Å². The van der Waals surface area contributed by atoms with Gasteiger partial charge in [0.15, 0.2) is 4.21 Å². The van der Waals surface area contributed by atoms with Crippen LogP contribution in [0.4, 0.5) is 0 Å². The Morgan fingerprint density at radius 2 is 1.89 bits per heavy atom. The van der Waals surface area contributed by atoms with Gasteiger partial charge in [-0.25, -0.2) is 18.1 Å². The topological polar surface area (TPSA) is 76.1 Å². The number of hydrogen-bond donors (Lipinski definition) is 1. The van der Waals surface area contributed by atoms with E-state index in [1.165, 1.54) is 0 Å². The molecule has 1 aromatic heterocycles. The molecular formula is C11H18N2O3S2. The number of aryl methyl sites for hydroxylation is 2. The van der Waals surface area contributed by atoms with Gasteiger partial charge in [-0.15, -0.1) is 11.3 Å². The lowest BCUT2D eigenvalue weighted by Crippen LogP contribution is -2.35. The van der Waals surface area contributed by atoms with E-state index in [4.69, 9.17) is 0 Å². The fourth-order valence-electron chi connectivity index (χ4n) is 1.68. The first kappa shape index (κ1) is 15.1. The van der Waals surface area contributed by atoms with Crippen LogP contribution in [0.1, 0.15) is 37.4 Å². The summed E-state index contributed by atoms with van der Waals surface area (Å²) in [5.74, 6) is -0.709. The highest BCUT2D eigenvalue weighted by molar-refractivity contribution is 7.92. The fraction of sp³-hybridized carbons (Fsp3) is 0.636. The zero-order valence-electron chi connectivity index (χ0n) is 11.0. The lowest BCUT2D eigenvalue weighted by Gasteiger charge is -2.12. The maximum atomic E-state index is 12.1.